The molecule has 0 amide bonds. The van der Waals surface area contributed by atoms with Gasteiger partial charge in [-0.05, 0) is 31.2 Å². The Morgan fingerprint density at radius 1 is 1.21 bits per heavy atom. The average molecular weight is 411 g/mol. The molecule has 0 fully saturated rings. The largest absolute Gasteiger partial charge is 0.508 e. The van der Waals surface area contributed by atoms with E-state index < -0.39 is 11.6 Å². The first-order valence-electron chi connectivity index (χ1n) is 8.67. The van der Waals surface area contributed by atoms with Crippen molar-refractivity contribution in [3.8, 4) is 11.4 Å². The summed E-state index contributed by atoms with van der Waals surface area (Å²) in [4.78, 5) is 24.5. The van der Waals surface area contributed by atoms with E-state index in [0.29, 0.717) is 22.3 Å². The second-order valence-corrected chi connectivity index (χ2v) is 6.70. The van der Waals surface area contributed by atoms with Gasteiger partial charge < -0.3 is 14.3 Å². The molecule has 0 bridgehead atoms. The molecule has 7 nitrogen and oxygen atoms in total. The Morgan fingerprint density at radius 2 is 1.97 bits per heavy atom. The predicted molar refractivity (Wildman–Crippen MR) is 107 cm³/mol. The van der Waals surface area contributed by atoms with E-state index in [-0.39, 0.29) is 28.7 Å². The number of carbonyl (C=O) groups is 1. The lowest BCUT2D eigenvalue weighted by molar-refractivity contribution is 0.0473. The van der Waals surface area contributed by atoms with Crippen LogP contribution in [0.4, 0.5) is 0 Å². The lowest BCUT2D eigenvalue weighted by Crippen LogP contribution is -2.09. The Bertz CT molecular complexity index is 1280. The van der Waals surface area contributed by atoms with Gasteiger partial charge in [-0.3, -0.25) is 0 Å². The van der Waals surface area contributed by atoms with E-state index in [0.717, 1.165) is 0 Å². The maximum Gasteiger partial charge on any atom is 0.343 e. The van der Waals surface area contributed by atoms with E-state index in [4.69, 9.17) is 20.8 Å². The van der Waals surface area contributed by atoms with E-state index in [9.17, 15) is 14.7 Å². The lowest BCUT2D eigenvalue weighted by Gasteiger charge is -2.08. The number of benzene rings is 2. The Balaban J connectivity index is 1.63. The second-order valence-electron chi connectivity index (χ2n) is 6.35. The van der Waals surface area contributed by atoms with E-state index in [1.807, 2.05) is 30.3 Å². The predicted octanol–water partition coefficient (Wildman–Crippen LogP) is 4.00. The third-order valence-electron chi connectivity index (χ3n) is 4.38. The number of nitrogens with zero attached hydrogens (tertiary/aromatic N) is 2. The Kier molecular flexibility index (Phi) is 4.82. The van der Waals surface area contributed by atoms with Gasteiger partial charge in [-0.25, -0.2) is 14.3 Å². The number of rotatable bonds is 4. The number of ether oxygens (including phenoxy) is 1. The summed E-state index contributed by atoms with van der Waals surface area (Å²) in [5.74, 6) is -0.694. The van der Waals surface area contributed by atoms with Crippen LogP contribution in [0.25, 0.3) is 16.7 Å². The summed E-state index contributed by atoms with van der Waals surface area (Å²) < 4.78 is 11.9. The highest BCUT2D eigenvalue weighted by atomic mass is 35.5. The number of phenolic OH excluding ortho intramolecular Hbond substituents is 1. The van der Waals surface area contributed by atoms with Crippen LogP contribution in [0.2, 0.25) is 5.15 Å². The van der Waals surface area contributed by atoms with Gasteiger partial charge in [-0.15, -0.1) is 0 Å². The first kappa shape index (κ1) is 18.8. The molecule has 0 aliphatic heterocycles. The molecular weight excluding hydrogens is 396 g/mol. The van der Waals surface area contributed by atoms with E-state index >= 15 is 0 Å². The normalized spacial score (nSPS) is 11.0. The monoisotopic (exact) mass is 410 g/mol. The van der Waals surface area contributed by atoms with Gasteiger partial charge in [0.05, 0.1) is 11.4 Å². The molecule has 8 heteroatoms. The van der Waals surface area contributed by atoms with Crippen molar-refractivity contribution >= 4 is 28.5 Å². The highest BCUT2D eigenvalue weighted by Gasteiger charge is 2.23. The Labute approximate surface area is 169 Å². The van der Waals surface area contributed by atoms with Gasteiger partial charge >= 0.3 is 11.6 Å². The lowest BCUT2D eigenvalue weighted by atomic mass is 10.1. The zero-order chi connectivity index (χ0) is 20.5. The summed E-state index contributed by atoms with van der Waals surface area (Å²) in [6.07, 6.45) is 0. The van der Waals surface area contributed by atoms with Crippen LogP contribution in [0.5, 0.6) is 5.75 Å². The molecule has 2 aromatic heterocycles. The number of hydrogen-bond acceptors (Lipinski definition) is 6. The molecule has 0 saturated carbocycles. The number of aryl methyl sites for hydroxylation is 1. The van der Waals surface area contributed by atoms with Crippen molar-refractivity contribution < 1.29 is 19.1 Å². The number of hydrogen-bond donors (Lipinski definition) is 1. The highest BCUT2D eigenvalue weighted by Crippen LogP contribution is 2.26. The van der Waals surface area contributed by atoms with Crippen molar-refractivity contribution in [3.63, 3.8) is 0 Å². The number of aromatic nitrogens is 2. The Morgan fingerprint density at radius 3 is 2.72 bits per heavy atom. The van der Waals surface area contributed by atoms with Crippen LogP contribution in [-0.2, 0) is 11.3 Å². The quantitative estimate of drug-likeness (QED) is 0.403. The van der Waals surface area contributed by atoms with Gasteiger partial charge in [0, 0.05) is 23.1 Å². The molecule has 4 rings (SSSR count). The minimum absolute atomic E-state index is 0.0365. The molecule has 0 unspecified atom stereocenters. The molecule has 0 saturated heterocycles. The molecule has 146 valence electrons. The minimum Gasteiger partial charge on any atom is -0.508 e. The molecule has 0 atom stereocenters. The number of aromatic hydroxyl groups is 1. The van der Waals surface area contributed by atoms with Crippen molar-refractivity contribution in [2.75, 3.05) is 0 Å². The smallest absolute Gasteiger partial charge is 0.343 e. The summed E-state index contributed by atoms with van der Waals surface area (Å²) in [7, 11) is 0. The van der Waals surface area contributed by atoms with Gasteiger partial charge in [0.2, 0.25) is 0 Å². The van der Waals surface area contributed by atoms with Gasteiger partial charge in [0.25, 0.3) is 0 Å². The molecular formula is C21H15ClN2O5. The van der Waals surface area contributed by atoms with Gasteiger partial charge in [0.15, 0.2) is 0 Å². The van der Waals surface area contributed by atoms with E-state index in [1.165, 1.54) is 22.9 Å². The van der Waals surface area contributed by atoms with Crippen LogP contribution in [-0.4, -0.2) is 20.9 Å². The van der Waals surface area contributed by atoms with Gasteiger partial charge in [-0.2, -0.15) is 5.10 Å². The van der Waals surface area contributed by atoms with Crippen molar-refractivity contribution in [3.05, 3.63) is 87.0 Å². The highest BCUT2D eigenvalue weighted by molar-refractivity contribution is 6.33. The minimum atomic E-state index is -0.658. The van der Waals surface area contributed by atoms with Crippen molar-refractivity contribution in [1.29, 1.82) is 0 Å². The van der Waals surface area contributed by atoms with Crippen molar-refractivity contribution in [1.82, 2.24) is 9.78 Å². The average Bonchev–Trinajstić information content (AvgIpc) is 3.00. The van der Waals surface area contributed by atoms with Crippen LogP contribution in [0.1, 0.15) is 21.6 Å². The first-order valence-corrected chi connectivity index (χ1v) is 9.05. The fourth-order valence-electron chi connectivity index (χ4n) is 3.02. The zero-order valence-corrected chi connectivity index (χ0v) is 16.0. The number of fused-ring (bicyclic) bond motifs is 1. The summed E-state index contributed by atoms with van der Waals surface area (Å²) in [6, 6.07) is 14.8. The maximum atomic E-state index is 12.7. The van der Waals surface area contributed by atoms with Crippen LogP contribution in [0.3, 0.4) is 0 Å². The summed E-state index contributed by atoms with van der Waals surface area (Å²) >= 11 is 6.39. The number of para-hydroxylation sites is 1. The zero-order valence-electron chi connectivity index (χ0n) is 15.3. The van der Waals surface area contributed by atoms with E-state index in [2.05, 4.69) is 5.10 Å². The van der Waals surface area contributed by atoms with Crippen LogP contribution in [0.15, 0.2) is 63.8 Å². The van der Waals surface area contributed by atoms with Crippen LogP contribution < -0.4 is 5.63 Å². The first-order chi connectivity index (χ1) is 13.9. The third kappa shape index (κ3) is 3.60. The topological polar surface area (TPSA) is 94.6 Å². The third-order valence-corrected chi connectivity index (χ3v) is 4.73. The van der Waals surface area contributed by atoms with Gasteiger partial charge in [-0.1, -0.05) is 29.8 Å². The molecule has 29 heavy (non-hydrogen) atoms. The summed E-state index contributed by atoms with van der Waals surface area (Å²) in [5, 5.41) is 14.6. The van der Waals surface area contributed by atoms with Crippen LogP contribution in [0, 0.1) is 6.92 Å². The molecule has 1 N–H and O–H groups in total. The Hall–Kier alpha value is -3.58. The summed E-state index contributed by atoms with van der Waals surface area (Å²) in [6.45, 7) is 1.50. The number of phenols is 1. The SMILES string of the molecule is Cc1nn(-c2ccccc2)c(Cl)c1C(=O)OCc1cc(=O)oc2cc(O)ccc12. The molecule has 0 aliphatic rings. The molecule has 0 radical (unpaired) electrons. The number of esters is 1. The fraction of sp³-hybridized carbons (Fsp3) is 0.0952. The molecule has 0 spiro atoms. The molecule has 0 aliphatic carbocycles. The molecule has 2 aromatic carbocycles. The fourth-order valence-corrected chi connectivity index (χ4v) is 3.37. The number of carbonyl (C=O) groups excluding carboxylic acids is 1. The standard InChI is InChI=1S/C21H15ClN2O5/c1-12-19(20(22)24(23-12)14-5-3-2-4-6-14)21(27)28-11-13-9-18(26)29-17-10-15(25)7-8-16(13)17/h2-10,25H,11H2,1H3. The van der Waals surface area contributed by atoms with Crippen molar-refractivity contribution in [2.45, 2.75) is 13.5 Å². The molecule has 2 heterocycles. The molecule has 4 aromatic rings. The summed E-state index contributed by atoms with van der Waals surface area (Å²) in [5.41, 5.74) is 1.33. The maximum absolute atomic E-state index is 12.7. The second kappa shape index (κ2) is 7.44. The van der Waals surface area contributed by atoms with Crippen molar-refractivity contribution in [2.24, 2.45) is 0 Å². The van der Waals surface area contributed by atoms with Gasteiger partial charge in [0.1, 0.15) is 28.7 Å². The number of halogens is 1. The van der Waals surface area contributed by atoms with Crippen LogP contribution >= 0.6 is 11.6 Å². The van der Waals surface area contributed by atoms with E-state index in [1.54, 1.807) is 13.0 Å².